The highest BCUT2D eigenvalue weighted by atomic mass is 16.6. The van der Waals surface area contributed by atoms with Crippen molar-refractivity contribution in [3.63, 3.8) is 0 Å². The number of oxazole rings is 1. The van der Waals surface area contributed by atoms with Crippen LogP contribution in [0.4, 0.5) is 0 Å². The molecule has 19 heavy (non-hydrogen) atoms. The van der Waals surface area contributed by atoms with Gasteiger partial charge in [0.05, 0.1) is 18.2 Å². The van der Waals surface area contributed by atoms with E-state index in [0.717, 1.165) is 6.26 Å². The number of ether oxygens (including phenoxy) is 2. The van der Waals surface area contributed by atoms with E-state index in [2.05, 4.69) is 4.98 Å². The average molecular weight is 258 g/mol. The molecule has 1 aromatic heterocycles. The molecule has 0 aliphatic heterocycles. The van der Waals surface area contributed by atoms with Crippen LogP contribution < -0.4 is 4.74 Å². The van der Waals surface area contributed by atoms with Gasteiger partial charge in [-0.2, -0.15) is 10.2 Å². The molecule has 0 atom stereocenters. The van der Waals surface area contributed by atoms with Gasteiger partial charge in [-0.05, 0) is 25.1 Å². The van der Waals surface area contributed by atoms with E-state index < -0.39 is 5.97 Å². The van der Waals surface area contributed by atoms with Gasteiger partial charge in [-0.3, -0.25) is 0 Å². The number of hydrogen-bond acceptors (Lipinski definition) is 6. The number of aromatic nitrogens is 1. The van der Waals surface area contributed by atoms with E-state index in [-0.39, 0.29) is 18.4 Å². The molecule has 0 aliphatic carbocycles. The maximum absolute atomic E-state index is 11.4. The van der Waals surface area contributed by atoms with Crippen molar-refractivity contribution in [1.29, 1.82) is 5.26 Å². The summed E-state index contributed by atoms with van der Waals surface area (Å²) < 4.78 is 15.1. The van der Waals surface area contributed by atoms with Gasteiger partial charge in [-0.1, -0.05) is 6.07 Å². The first kappa shape index (κ1) is 12.6. The quantitative estimate of drug-likeness (QED) is 0.783. The fourth-order valence-electron chi connectivity index (χ4n) is 1.33. The van der Waals surface area contributed by atoms with E-state index in [1.807, 2.05) is 6.07 Å². The lowest BCUT2D eigenvalue weighted by atomic mass is 10.2. The number of carbonyl (C=O) groups is 1. The van der Waals surface area contributed by atoms with Crippen LogP contribution in [-0.4, -0.2) is 17.6 Å². The zero-order valence-electron chi connectivity index (χ0n) is 10.1. The van der Waals surface area contributed by atoms with Crippen molar-refractivity contribution >= 4 is 5.97 Å². The summed E-state index contributed by atoms with van der Waals surface area (Å²) in [6.45, 7) is 1.95. The fourth-order valence-corrected chi connectivity index (χ4v) is 1.33. The second-order valence-electron chi connectivity index (χ2n) is 3.46. The number of carbonyl (C=O) groups excluding carboxylic acids is 1. The topological polar surface area (TPSA) is 85.4 Å². The zero-order chi connectivity index (χ0) is 13.7. The van der Waals surface area contributed by atoms with E-state index in [1.165, 1.54) is 6.07 Å². The van der Waals surface area contributed by atoms with Gasteiger partial charge < -0.3 is 13.9 Å². The summed E-state index contributed by atoms with van der Waals surface area (Å²) in [6, 6.07) is 8.49. The lowest BCUT2D eigenvalue weighted by molar-refractivity contribution is 0.0519. The molecule has 2 aromatic rings. The van der Waals surface area contributed by atoms with Gasteiger partial charge in [0.2, 0.25) is 0 Å². The van der Waals surface area contributed by atoms with Gasteiger partial charge in [-0.15, -0.1) is 0 Å². The van der Waals surface area contributed by atoms with Crippen LogP contribution in [0.5, 0.6) is 11.8 Å². The van der Waals surface area contributed by atoms with Gasteiger partial charge in [0.25, 0.3) is 0 Å². The minimum atomic E-state index is -0.577. The Kier molecular flexibility index (Phi) is 3.78. The predicted octanol–water partition coefficient (Wildman–Crippen LogP) is 2.52. The van der Waals surface area contributed by atoms with Crippen LogP contribution in [0, 0.1) is 11.3 Å². The summed E-state index contributed by atoms with van der Waals surface area (Å²) in [6.07, 6.45) is 1.07. The standard InChI is InChI=1S/C13H10N2O4/c1-2-17-12(16)11-8-18-13(15-11)19-10-5-3-4-9(6-10)7-14/h3-6,8H,2H2,1H3. The zero-order valence-corrected chi connectivity index (χ0v) is 10.1. The van der Waals surface area contributed by atoms with Crippen LogP contribution in [0.2, 0.25) is 0 Å². The Hall–Kier alpha value is -2.81. The molecule has 0 spiro atoms. The summed E-state index contributed by atoms with van der Waals surface area (Å²) in [7, 11) is 0. The minimum Gasteiger partial charge on any atom is -0.461 e. The second-order valence-corrected chi connectivity index (χ2v) is 3.46. The van der Waals surface area contributed by atoms with Crippen LogP contribution in [0.1, 0.15) is 23.0 Å². The molecular weight excluding hydrogens is 248 g/mol. The highest BCUT2D eigenvalue weighted by Gasteiger charge is 2.14. The number of nitriles is 1. The minimum absolute atomic E-state index is 0.0355. The van der Waals surface area contributed by atoms with Gasteiger partial charge in [0.15, 0.2) is 5.69 Å². The van der Waals surface area contributed by atoms with E-state index in [1.54, 1.807) is 25.1 Å². The van der Waals surface area contributed by atoms with E-state index >= 15 is 0 Å². The van der Waals surface area contributed by atoms with Crippen molar-refractivity contribution in [3.8, 4) is 17.9 Å². The van der Waals surface area contributed by atoms with Crippen molar-refractivity contribution in [1.82, 2.24) is 4.98 Å². The van der Waals surface area contributed by atoms with E-state index in [4.69, 9.17) is 19.2 Å². The summed E-state index contributed by atoms with van der Waals surface area (Å²) in [5.74, 6) is -0.178. The fraction of sp³-hybridized carbons (Fsp3) is 0.154. The highest BCUT2D eigenvalue weighted by Crippen LogP contribution is 2.21. The van der Waals surface area contributed by atoms with Gasteiger partial charge in [0.1, 0.15) is 12.0 Å². The molecule has 0 saturated carbocycles. The maximum atomic E-state index is 11.4. The van der Waals surface area contributed by atoms with Crippen molar-refractivity contribution < 1.29 is 18.7 Å². The first-order valence-electron chi connectivity index (χ1n) is 5.53. The Morgan fingerprint density at radius 2 is 2.37 bits per heavy atom. The molecule has 96 valence electrons. The van der Waals surface area contributed by atoms with Crippen molar-refractivity contribution in [2.45, 2.75) is 6.92 Å². The highest BCUT2D eigenvalue weighted by molar-refractivity contribution is 5.86. The normalized spacial score (nSPS) is 9.68. The molecule has 1 heterocycles. The number of esters is 1. The third-order valence-corrected chi connectivity index (χ3v) is 2.14. The molecule has 0 N–H and O–H groups in total. The molecule has 0 unspecified atom stereocenters. The number of benzene rings is 1. The first-order valence-corrected chi connectivity index (χ1v) is 5.53. The van der Waals surface area contributed by atoms with Gasteiger partial charge in [0, 0.05) is 0 Å². The second kappa shape index (κ2) is 5.69. The van der Waals surface area contributed by atoms with Crippen molar-refractivity contribution in [2.24, 2.45) is 0 Å². The Balaban J connectivity index is 2.11. The third-order valence-electron chi connectivity index (χ3n) is 2.14. The molecule has 1 aromatic carbocycles. The molecule has 0 bridgehead atoms. The summed E-state index contributed by atoms with van der Waals surface area (Å²) in [5.41, 5.74) is 0.489. The van der Waals surface area contributed by atoms with E-state index in [0.29, 0.717) is 11.3 Å². The summed E-state index contributed by atoms with van der Waals surface area (Å²) in [5, 5.41) is 8.76. The predicted molar refractivity (Wildman–Crippen MR) is 63.7 cm³/mol. The van der Waals surface area contributed by atoms with E-state index in [9.17, 15) is 4.79 Å². The van der Waals surface area contributed by atoms with Crippen molar-refractivity contribution in [3.05, 3.63) is 41.8 Å². The lowest BCUT2D eigenvalue weighted by Crippen LogP contribution is -2.04. The molecule has 6 nitrogen and oxygen atoms in total. The number of nitrogens with zero attached hydrogens (tertiary/aromatic N) is 2. The SMILES string of the molecule is CCOC(=O)c1coc(Oc2cccc(C#N)c2)n1. The average Bonchev–Trinajstić information content (AvgIpc) is 2.88. The largest absolute Gasteiger partial charge is 0.461 e. The molecule has 6 heteroatoms. The molecule has 0 amide bonds. The van der Waals surface area contributed by atoms with Crippen LogP contribution in [0.15, 0.2) is 34.9 Å². The molecule has 0 radical (unpaired) electrons. The Morgan fingerprint density at radius 1 is 1.53 bits per heavy atom. The Bertz CT molecular complexity index is 628. The molecule has 2 rings (SSSR count). The van der Waals surface area contributed by atoms with Gasteiger partial charge >= 0.3 is 12.0 Å². The third kappa shape index (κ3) is 3.10. The monoisotopic (exact) mass is 258 g/mol. The number of hydrogen-bond donors (Lipinski definition) is 0. The van der Waals surface area contributed by atoms with Crippen LogP contribution in [0.25, 0.3) is 0 Å². The van der Waals surface area contributed by atoms with Crippen LogP contribution in [-0.2, 0) is 4.74 Å². The maximum Gasteiger partial charge on any atom is 0.399 e. The molecular formula is C13H10N2O4. The molecule has 0 fully saturated rings. The summed E-state index contributed by atoms with van der Waals surface area (Å²) in [4.78, 5) is 15.2. The van der Waals surface area contributed by atoms with Crippen molar-refractivity contribution in [2.75, 3.05) is 6.61 Å². The Morgan fingerprint density at radius 3 is 3.11 bits per heavy atom. The summed E-state index contributed by atoms with van der Waals surface area (Å²) >= 11 is 0. The first-order chi connectivity index (χ1) is 9.22. The lowest BCUT2D eigenvalue weighted by Gasteiger charge is -1.99. The smallest absolute Gasteiger partial charge is 0.399 e. The molecule has 0 aliphatic rings. The van der Waals surface area contributed by atoms with Crippen LogP contribution >= 0.6 is 0 Å². The van der Waals surface area contributed by atoms with Crippen LogP contribution in [0.3, 0.4) is 0 Å². The Labute approximate surface area is 109 Å². The molecule has 0 saturated heterocycles. The number of rotatable bonds is 4. The van der Waals surface area contributed by atoms with Gasteiger partial charge in [-0.25, -0.2) is 4.79 Å².